The van der Waals surface area contributed by atoms with Crippen molar-refractivity contribution in [1.82, 2.24) is 20.1 Å². The zero-order chi connectivity index (χ0) is 18.7. The van der Waals surface area contributed by atoms with Gasteiger partial charge in [0.2, 0.25) is 0 Å². The summed E-state index contributed by atoms with van der Waals surface area (Å²) in [5, 5.41) is 10.4. The lowest BCUT2D eigenvalue weighted by molar-refractivity contribution is 0.0937. The van der Waals surface area contributed by atoms with Gasteiger partial charge in [0.1, 0.15) is 0 Å². The van der Waals surface area contributed by atoms with Crippen LogP contribution in [-0.2, 0) is 7.05 Å². The Morgan fingerprint density at radius 3 is 2.92 bits per heavy atom. The van der Waals surface area contributed by atoms with Gasteiger partial charge in [0.25, 0.3) is 5.91 Å². The third kappa shape index (κ3) is 3.64. The highest BCUT2D eigenvalue weighted by molar-refractivity contribution is 7.13. The summed E-state index contributed by atoms with van der Waals surface area (Å²) in [7, 11) is 1.85. The van der Waals surface area contributed by atoms with Crippen molar-refractivity contribution in [3.8, 4) is 10.6 Å². The van der Waals surface area contributed by atoms with E-state index in [2.05, 4.69) is 17.3 Å². The molecule has 0 saturated heterocycles. The summed E-state index contributed by atoms with van der Waals surface area (Å²) in [6.07, 6.45) is 3.01. The van der Waals surface area contributed by atoms with E-state index in [1.165, 1.54) is 0 Å². The summed E-state index contributed by atoms with van der Waals surface area (Å²) < 4.78 is 1.73. The fraction of sp³-hybridized carbons (Fsp3) is 0.421. The number of nitrogens with zero attached hydrogens (tertiary/aromatic N) is 3. The smallest absolute Gasteiger partial charge is 0.252 e. The molecule has 3 aromatic heterocycles. The van der Waals surface area contributed by atoms with E-state index in [-0.39, 0.29) is 11.9 Å². The molecule has 26 heavy (non-hydrogen) atoms. The number of fused-ring (bicyclic) bond motifs is 1. The highest BCUT2D eigenvalue weighted by Crippen LogP contribution is 2.29. The Morgan fingerprint density at radius 2 is 2.27 bits per heavy atom. The molecule has 3 rings (SSSR count). The molecule has 1 amide bonds. The Labute approximate surface area is 157 Å². The molecule has 7 heteroatoms. The molecule has 3 heterocycles. The van der Waals surface area contributed by atoms with Gasteiger partial charge >= 0.3 is 0 Å². The van der Waals surface area contributed by atoms with Gasteiger partial charge in [-0.1, -0.05) is 25.8 Å². The largest absolute Gasteiger partial charge is 0.348 e. The zero-order valence-corrected chi connectivity index (χ0v) is 16.3. The van der Waals surface area contributed by atoms with Gasteiger partial charge in [-0.15, -0.1) is 11.3 Å². The number of thiophene rings is 1. The predicted octanol–water partition coefficient (Wildman–Crippen LogP) is 3.25. The fourth-order valence-electron chi connectivity index (χ4n) is 3.14. The van der Waals surface area contributed by atoms with Gasteiger partial charge in [-0.25, -0.2) is 4.98 Å². The number of hydrogen-bond acceptors (Lipinski definition) is 5. The zero-order valence-electron chi connectivity index (χ0n) is 15.5. The molecule has 0 aliphatic carbocycles. The standard InChI is InChI=1S/C19H25N5OS/c1-4-5-7-13(11-20)21-19(25)14-10-15(16-8-6-9-26-16)22-18-17(14)12(2)23-24(18)3/h6,8-10,13H,4-5,7,11,20H2,1-3H3,(H,21,25). The summed E-state index contributed by atoms with van der Waals surface area (Å²) in [6, 6.07) is 5.84. The average Bonchev–Trinajstić information content (AvgIpc) is 3.26. The minimum absolute atomic E-state index is 0.0205. The third-order valence-corrected chi connectivity index (χ3v) is 5.41. The van der Waals surface area contributed by atoms with E-state index in [0.717, 1.165) is 46.6 Å². The van der Waals surface area contributed by atoms with Gasteiger partial charge in [-0.2, -0.15) is 5.10 Å². The minimum Gasteiger partial charge on any atom is -0.348 e. The number of aromatic nitrogens is 3. The maximum Gasteiger partial charge on any atom is 0.252 e. The second-order valence-corrected chi connectivity index (χ2v) is 7.44. The highest BCUT2D eigenvalue weighted by Gasteiger charge is 2.21. The second kappa shape index (κ2) is 7.97. The molecule has 0 aromatic carbocycles. The Hall–Kier alpha value is -2.25. The van der Waals surface area contributed by atoms with Crippen molar-refractivity contribution in [3.63, 3.8) is 0 Å². The van der Waals surface area contributed by atoms with E-state index in [4.69, 9.17) is 10.7 Å². The van der Waals surface area contributed by atoms with Gasteiger partial charge in [0, 0.05) is 19.6 Å². The van der Waals surface area contributed by atoms with Gasteiger partial charge in [0.05, 0.1) is 27.2 Å². The van der Waals surface area contributed by atoms with Crippen molar-refractivity contribution in [3.05, 3.63) is 34.8 Å². The topological polar surface area (TPSA) is 85.8 Å². The SMILES string of the molecule is CCCCC(CN)NC(=O)c1cc(-c2cccs2)nc2c1c(C)nn2C. The van der Waals surface area contributed by atoms with Crippen LogP contribution in [0.25, 0.3) is 21.6 Å². The van der Waals surface area contributed by atoms with Crippen molar-refractivity contribution in [1.29, 1.82) is 0 Å². The number of pyridine rings is 1. The summed E-state index contributed by atoms with van der Waals surface area (Å²) in [6.45, 7) is 4.47. The van der Waals surface area contributed by atoms with Crippen molar-refractivity contribution >= 4 is 28.3 Å². The van der Waals surface area contributed by atoms with Crippen molar-refractivity contribution in [2.75, 3.05) is 6.54 Å². The number of carbonyl (C=O) groups excluding carboxylic acids is 1. The first-order valence-corrected chi connectivity index (χ1v) is 9.82. The first kappa shape index (κ1) is 18.5. The van der Waals surface area contributed by atoms with Gasteiger partial charge in [0.15, 0.2) is 5.65 Å². The van der Waals surface area contributed by atoms with E-state index in [9.17, 15) is 4.79 Å². The number of carbonyl (C=O) groups is 1. The molecule has 1 atom stereocenters. The minimum atomic E-state index is -0.113. The number of amides is 1. The summed E-state index contributed by atoms with van der Waals surface area (Å²) in [4.78, 5) is 18.8. The number of rotatable bonds is 7. The van der Waals surface area contributed by atoms with E-state index in [0.29, 0.717) is 12.1 Å². The lowest BCUT2D eigenvalue weighted by Gasteiger charge is -2.17. The molecule has 0 bridgehead atoms. The molecule has 0 aliphatic heterocycles. The Balaban J connectivity index is 2.04. The lowest BCUT2D eigenvalue weighted by atomic mass is 10.1. The van der Waals surface area contributed by atoms with E-state index < -0.39 is 0 Å². The van der Waals surface area contributed by atoms with Gasteiger partial charge in [-0.05, 0) is 30.9 Å². The van der Waals surface area contributed by atoms with E-state index >= 15 is 0 Å². The summed E-state index contributed by atoms with van der Waals surface area (Å²) in [5.41, 5.74) is 8.77. The summed E-state index contributed by atoms with van der Waals surface area (Å²) in [5.74, 6) is -0.113. The lowest BCUT2D eigenvalue weighted by Crippen LogP contribution is -2.40. The molecule has 0 aliphatic rings. The predicted molar refractivity (Wildman–Crippen MR) is 106 cm³/mol. The van der Waals surface area contributed by atoms with Crippen LogP contribution < -0.4 is 11.1 Å². The Kier molecular flexibility index (Phi) is 5.68. The van der Waals surface area contributed by atoms with Gasteiger partial charge < -0.3 is 11.1 Å². The molecule has 0 radical (unpaired) electrons. The van der Waals surface area contributed by atoms with Crippen molar-refractivity contribution in [2.24, 2.45) is 12.8 Å². The first-order chi connectivity index (χ1) is 12.5. The molecular weight excluding hydrogens is 346 g/mol. The molecule has 0 saturated carbocycles. The molecule has 0 spiro atoms. The monoisotopic (exact) mass is 371 g/mol. The maximum absolute atomic E-state index is 13.0. The third-order valence-electron chi connectivity index (χ3n) is 4.51. The average molecular weight is 372 g/mol. The molecule has 0 fully saturated rings. The fourth-order valence-corrected chi connectivity index (χ4v) is 3.82. The van der Waals surface area contributed by atoms with Gasteiger partial charge in [-0.3, -0.25) is 9.48 Å². The second-order valence-electron chi connectivity index (χ2n) is 6.49. The normalized spacial score (nSPS) is 12.5. The van der Waals surface area contributed by atoms with Crippen LogP contribution in [0.4, 0.5) is 0 Å². The van der Waals surface area contributed by atoms with Crippen molar-refractivity contribution < 1.29 is 4.79 Å². The number of nitrogens with two attached hydrogens (primary N) is 1. The van der Waals surface area contributed by atoms with Crippen LogP contribution in [0.2, 0.25) is 0 Å². The molecule has 138 valence electrons. The van der Waals surface area contributed by atoms with E-state index in [1.807, 2.05) is 37.6 Å². The molecule has 6 nitrogen and oxygen atoms in total. The maximum atomic E-state index is 13.0. The van der Waals surface area contributed by atoms with Crippen LogP contribution in [0.15, 0.2) is 23.6 Å². The molecule has 1 unspecified atom stereocenters. The summed E-state index contributed by atoms with van der Waals surface area (Å²) >= 11 is 1.60. The van der Waals surface area contributed by atoms with Crippen LogP contribution in [0.1, 0.15) is 42.2 Å². The van der Waals surface area contributed by atoms with Crippen LogP contribution in [-0.4, -0.2) is 33.3 Å². The number of unbranched alkanes of at least 4 members (excludes halogenated alkanes) is 1. The van der Waals surface area contributed by atoms with Crippen LogP contribution in [0.5, 0.6) is 0 Å². The quantitative estimate of drug-likeness (QED) is 0.667. The molecule has 3 aromatic rings. The van der Waals surface area contributed by atoms with Crippen LogP contribution >= 0.6 is 11.3 Å². The Morgan fingerprint density at radius 1 is 1.46 bits per heavy atom. The van der Waals surface area contributed by atoms with E-state index in [1.54, 1.807) is 16.0 Å². The highest BCUT2D eigenvalue weighted by atomic mass is 32.1. The van der Waals surface area contributed by atoms with Crippen LogP contribution in [0.3, 0.4) is 0 Å². The number of nitrogens with one attached hydrogen (secondary N) is 1. The number of hydrogen-bond donors (Lipinski definition) is 2. The molecular formula is C19H25N5OS. The van der Waals surface area contributed by atoms with Crippen molar-refractivity contribution in [2.45, 2.75) is 39.2 Å². The molecule has 3 N–H and O–H groups in total. The van der Waals surface area contributed by atoms with Crippen LogP contribution in [0, 0.1) is 6.92 Å². The first-order valence-electron chi connectivity index (χ1n) is 8.94. The Bertz CT molecular complexity index is 900. The number of aryl methyl sites for hydroxylation is 2.